The van der Waals surface area contributed by atoms with E-state index in [1.807, 2.05) is 30.3 Å². The molecule has 0 radical (unpaired) electrons. The summed E-state index contributed by atoms with van der Waals surface area (Å²) in [6.07, 6.45) is 1.31. The molecular formula is C15H13ClN4O3. The molecule has 2 aromatic rings. The van der Waals surface area contributed by atoms with Crippen molar-refractivity contribution in [3.05, 3.63) is 69.2 Å². The molecule has 0 fully saturated rings. The Bertz CT molecular complexity index is 735. The number of nitrogens with zero attached hydrogens (tertiary/aromatic N) is 2. The fourth-order valence-corrected chi connectivity index (χ4v) is 1.89. The number of para-hydroxylation sites is 1. The van der Waals surface area contributed by atoms with Crippen LogP contribution in [0.3, 0.4) is 0 Å². The number of nitro groups is 1. The Morgan fingerprint density at radius 2 is 2.00 bits per heavy atom. The average Bonchev–Trinajstić information content (AvgIpc) is 2.55. The molecule has 7 nitrogen and oxygen atoms in total. The van der Waals surface area contributed by atoms with E-state index in [0.717, 1.165) is 5.69 Å². The van der Waals surface area contributed by atoms with Crippen molar-refractivity contribution < 1.29 is 9.72 Å². The Morgan fingerprint density at radius 3 is 2.70 bits per heavy atom. The second-order valence-corrected chi connectivity index (χ2v) is 4.89. The van der Waals surface area contributed by atoms with Gasteiger partial charge in [0.25, 0.3) is 11.6 Å². The van der Waals surface area contributed by atoms with Gasteiger partial charge in [0.15, 0.2) is 0 Å². The molecule has 8 heteroatoms. The molecule has 0 aliphatic heterocycles. The SMILES string of the molecule is O=C(CNc1ccccc1)N/N=C\c1ccc(Cl)c([N+](=O)[O-])c1. The van der Waals surface area contributed by atoms with Crippen LogP contribution < -0.4 is 10.7 Å². The summed E-state index contributed by atoms with van der Waals surface area (Å²) >= 11 is 5.71. The van der Waals surface area contributed by atoms with E-state index in [1.54, 1.807) is 6.07 Å². The average molecular weight is 333 g/mol. The van der Waals surface area contributed by atoms with Gasteiger partial charge in [-0.3, -0.25) is 14.9 Å². The molecule has 0 unspecified atom stereocenters. The number of carbonyl (C=O) groups excluding carboxylic acids is 1. The van der Waals surface area contributed by atoms with Crippen molar-refractivity contribution in [3.63, 3.8) is 0 Å². The van der Waals surface area contributed by atoms with Gasteiger partial charge in [-0.05, 0) is 18.2 Å². The number of nitrogens with one attached hydrogen (secondary N) is 2. The first kappa shape index (κ1) is 16.4. The maximum Gasteiger partial charge on any atom is 0.288 e. The van der Waals surface area contributed by atoms with Crippen molar-refractivity contribution in [2.75, 3.05) is 11.9 Å². The Balaban J connectivity index is 1.87. The lowest BCUT2D eigenvalue weighted by Crippen LogP contribution is -2.25. The molecule has 2 aromatic carbocycles. The second kappa shape index (κ2) is 7.90. The fourth-order valence-electron chi connectivity index (χ4n) is 1.71. The van der Waals surface area contributed by atoms with Crippen molar-refractivity contribution in [2.24, 2.45) is 5.10 Å². The van der Waals surface area contributed by atoms with E-state index in [0.29, 0.717) is 5.56 Å². The van der Waals surface area contributed by atoms with E-state index in [2.05, 4.69) is 15.8 Å². The quantitative estimate of drug-likeness (QED) is 0.483. The Kier molecular flexibility index (Phi) is 5.65. The van der Waals surface area contributed by atoms with Gasteiger partial charge in [0, 0.05) is 17.3 Å². The molecule has 2 N–H and O–H groups in total. The molecule has 2 rings (SSSR count). The number of anilines is 1. The minimum atomic E-state index is -0.581. The van der Waals surface area contributed by atoms with E-state index in [1.165, 1.54) is 18.3 Å². The lowest BCUT2D eigenvalue weighted by atomic mass is 10.2. The molecule has 0 atom stereocenters. The largest absolute Gasteiger partial charge is 0.376 e. The van der Waals surface area contributed by atoms with Gasteiger partial charge in [-0.25, -0.2) is 5.43 Å². The predicted octanol–water partition coefficient (Wildman–Crippen LogP) is 2.81. The number of hydrogen-bond acceptors (Lipinski definition) is 5. The van der Waals surface area contributed by atoms with Gasteiger partial charge < -0.3 is 5.32 Å². The van der Waals surface area contributed by atoms with Gasteiger partial charge >= 0.3 is 0 Å². The van der Waals surface area contributed by atoms with Crippen molar-refractivity contribution in [1.29, 1.82) is 0 Å². The van der Waals surface area contributed by atoms with Crippen LogP contribution in [0.5, 0.6) is 0 Å². The lowest BCUT2D eigenvalue weighted by Gasteiger charge is -2.04. The van der Waals surface area contributed by atoms with Gasteiger partial charge in [-0.2, -0.15) is 5.10 Å². The van der Waals surface area contributed by atoms with Gasteiger partial charge in [-0.15, -0.1) is 0 Å². The van der Waals surface area contributed by atoms with Gasteiger partial charge in [0.2, 0.25) is 0 Å². The minimum absolute atomic E-state index is 0.0447. The van der Waals surface area contributed by atoms with Gasteiger partial charge in [-0.1, -0.05) is 35.9 Å². The van der Waals surface area contributed by atoms with E-state index >= 15 is 0 Å². The zero-order valence-corrected chi connectivity index (χ0v) is 12.7. The van der Waals surface area contributed by atoms with E-state index in [4.69, 9.17) is 11.6 Å². The first-order valence-electron chi connectivity index (χ1n) is 6.61. The van der Waals surface area contributed by atoms with Crippen molar-refractivity contribution in [2.45, 2.75) is 0 Å². The summed E-state index contributed by atoms with van der Waals surface area (Å²) in [6, 6.07) is 13.5. The normalized spacial score (nSPS) is 10.5. The van der Waals surface area contributed by atoms with Crippen LogP contribution in [-0.4, -0.2) is 23.6 Å². The zero-order valence-electron chi connectivity index (χ0n) is 11.9. The van der Waals surface area contributed by atoms with Crippen LogP contribution in [0.1, 0.15) is 5.56 Å². The molecule has 0 aliphatic rings. The summed E-state index contributed by atoms with van der Waals surface area (Å²) in [4.78, 5) is 21.8. The highest BCUT2D eigenvalue weighted by Gasteiger charge is 2.11. The van der Waals surface area contributed by atoms with Crippen LogP contribution >= 0.6 is 11.6 Å². The minimum Gasteiger partial charge on any atom is -0.376 e. The predicted molar refractivity (Wildman–Crippen MR) is 88.8 cm³/mol. The third-order valence-electron chi connectivity index (χ3n) is 2.80. The van der Waals surface area contributed by atoms with E-state index < -0.39 is 4.92 Å². The zero-order chi connectivity index (χ0) is 16.7. The van der Waals surface area contributed by atoms with E-state index in [-0.39, 0.29) is 23.2 Å². The summed E-state index contributed by atoms with van der Waals surface area (Å²) in [5, 5.41) is 17.5. The highest BCUT2D eigenvalue weighted by atomic mass is 35.5. The summed E-state index contributed by atoms with van der Waals surface area (Å²) in [6.45, 7) is 0.0577. The molecule has 1 amide bonds. The number of nitro benzene ring substituents is 1. The van der Waals surface area contributed by atoms with Crippen LogP contribution in [0.2, 0.25) is 5.02 Å². The first-order chi connectivity index (χ1) is 11.1. The molecular weight excluding hydrogens is 320 g/mol. The molecule has 0 spiro atoms. The number of amides is 1. The number of hydrogen-bond donors (Lipinski definition) is 2. The summed E-state index contributed by atoms with van der Waals surface area (Å²) in [5.41, 5.74) is 3.39. The highest BCUT2D eigenvalue weighted by Crippen LogP contribution is 2.24. The summed E-state index contributed by atoms with van der Waals surface area (Å²) in [5.74, 6) is -0.339. The van der Waals surface area contributed by atoms with Crippen molar-refractivity contribution in [3.8, 4) is 0 Å². The van der Waals surface area contributed by atoms with Crippen LogP contribution in [0.15, 0.2) is 53.6 Å². The van der Waals surface area contributed by atoms with Crippen LogP contribution in [0, 0.1) is 10.1 Å². The van der Waals surface area contributed by atoms with Crippen molar-refractivity contribution >= 4 is 35.1 Å². The number of hydrazone groups is 1. The third kappa shape index (κ3) is 5.08. The maximum atomic E-state index is 11.6. The Labute approximate surface area is 137 Å². The molecule has 118 valence electrons. The smallest absolute Gasteiger partial charge is 0.288 e. The van der Waals surface area contributed by atoms with Crippen LogP contribution in [-0.2, 0) is 4.79 Å². The highest BCUT2D eigenvalue weighted by molar-refractivity contribution is 6.32. The van der Waals surface area contributed by atoms with Crippen LogP contribution in [0.4, 0.5) is 11.4 Å². The standard InChI is InChI=1S/C15H13ClN4O3/c16-13-7-6-11(8-14(13)20(22)23)9-18-19-15(21)10-17-12-4-2-1-3-5-12/h1-9,17H,10H2,(H,19,21)/b18-9-. The Hall–Kier alpha value is -2.93. The summed E-state index contributed by atoms with van der Waals surface area (Å²) in [7, 11) is 0. The molecule has 0 heterocycles. The number of halogens is 1. The fraction of sp³-hybridized carbons (Fsp3) is 0.0667. The molecule has 0 aromatic heterocycles. The topological polar surface area (TPSA) is 96.6 Å². The van der Waals surface area contributed by atoms with Gasteiger partial charge in [0.05, 0.1) is 17.7 Å². The lowest BCUT2D eigenvalue weighted by molar-refractivity contribution is -0.384. The molecule has 0 saturated heterocycles. The number of rotatable bonds is 6. The Morgan fingerprint density at radius 1 is 1.26 bits per heavy atom. The summed E-state index contributed by atoms with van der Waals surface area (Å²) < 4.78 is 0. The number of benzene rings is 2. The molecule has 0 saturated carbocycles. The van der Waals surface area contributed by atoms with Crippen molar-refractivity contribution in [1.82, 2.24) is 5.43 Å². The monoisotopic (exact) mass is 332 g/mol. The second-order valence-electron chi connectivity index (χ2n) is 4.48. The first-order valence-corrected chi connectivity index (χ1v) is 6.99. The van der Waals surface area contributed by atoms with E-state index in [9.17, 15) is 14.9 Å². The molecule has 0 bridgehead atoms. The molecule has 0 aliphatic carbocycles. The van der Waals surface area contributed by atoms with Crippen LogP contribution in [0.25, 0.3) is 0 Å². The van der Waals surface area contributed by atoms with Gasteiger partial charge in [0.1, 0.15) is 5.02 Å². The molecule has 23 heavy (non-hydrogen) atoms. The third-order valence-corrected chi connectivity index (χ3v) is 3.12. The number of carbonyl (C=O) groups is 1. The maximum absolute atomic E-state index is 11.6.